The van der Waals surface area contributed by atoms with Gasteiger partial charge in [0, 0.05) is 12.8 Å². The van der Waals surface area contributed by atoms with E-state index in [-0.39, 0.29) is 12.8 Å². The molecule has 2 aromatic rings. The van der Waals surface area contributed by atoms with Crippen molar-refractivity contribution in [3.8, 4) is 0 Å². The quantitative estimate of drug-likeness (QED) is 0.0301. The van der Waals surface area contributed by atoms with E-state index in [1.54, 1.807) is 60.7 Å². The zero-order valence-corrected chi connectivity index (χ0v) is 43.3. The number of rotatable bonds is 36. The van der Waals surface area contributed by atoms with Crippen LogP contribution in [0.25, 0.3) is 0 Å². The highest BCUT2D eigenvalue weighted by molar-refractivity contribution is 6.00. The number of amides is 11. The molecule has 0 saturated carbocycles. The highest BCUT2D eigenvalue weighted by Gasteiger charge is 2.36. The van der Waals surface area contributed by atoms with Crippen LogP contribution in [-0.4, -0.2) is 195 Å². The lowest BCUT2D eigenvalue weighted by molar-refractivity contribution is -0.144. The number of carbonyl (C=O) groups excluding carboxylic acids is 11. The monoisotopic (exact) mass is 1140 g/mol. The molecule has 0 bridgehead atoms. The van der Waals surface area contributed by atoms with Gasteiger partial charge < -0.3 is 89.8 Å². The van der Waals surface area contributed by atoms with Crippen molar-refractivity contribution in [3.63, 3.8) is 0 Å². The second-order valence-corrected chi connectivity index (χ2v) is 17.5. The lowest BCUT2D eigenvalue weighted by Crippen LogP contribution is -2.60. The third-order valence-electron chi connectivity index (χ3n) is 11.0. The Labute approximate surface area is 459 Å². The molecule has 0 unspecified atom stereocenters. The molecule has 0 aromatic heterocycles. The molecular weight excluding hydrogens is 1080 g/mol. The first-order chi connectivity index (χ1) is 38.1. The number of carboxylic acid groups (broad SMARTS) is 5. The van der Waals surface area contributed by atoms with Crippen molar-refractivity contribution in [1.82, 2.24) is 58.5 Å². The van der Waals surface area contributed by atoms with Gasteiger partial charge in [-0.25, -0.2) is 0 Å². The fourth-order valence-corrected chi connectivity index (χ4v) is 6.92. The molecule has 81 heavy (non-hydrogen) atoms. The van der Waals surface area contributed by atoms with Crippen molar-refractivity contribution in [2.45, 2.75) is 100 Å². The van der Waals surface area contributed by atoms with Gasteiger partial charge in [0.1, 0.15) is 42.3 Å². The molecule has 2 aromatic carbocycles. The molecule has 8 atom stereocenters. The second kappa shape index (κ2) is 33.9. The normalized spacial score (nSPS) is 13.6. The van der Waals surface area contributed by atoms with Crippen molar-refractivity contribution >= 4 is 94.8 Å². The Morgan fingerprint density at radius 1 is 0.370 bits per heavy atom. The van der Waals surface area contributed by atoms with Gasteiger partial charge in [-0.15, -0.1) is 0 Å². The zero-order chi connectivity index (χ0) is 60.9. The van der Waals surface area contributed by atoms with Crippen LogP contribution in [0.5, 0.6) is 0 Å². The lowest BCUT2D eigenvalue weighted by Gasteiger charge is -2.27. The number of primary amides is 1. The number of nitrogens with one attached hydrogen (secondary N) is 11. The van der Waals surface area contributed by atoms with Crippen LogP contribution in [0.2, 0.25) is 0 Å². The molecule has 440 valence electrons. The molecule has 0 aliphatic rings. The number of hydrogen-bond donors (Lipinski definition) is 17. The summed E-state index contributed by atoms with van der Waals surface area (Å²) in [4.78, 5) is 201. The first kappa shape index (κ1) is 67.0. The molecule has 0 heterocycles. The molecule has 11 amide bonds. The number of aliphatic carboxylic acids is 5. The Hall–Kier alpha value is -10.1. The molecule has 33 heteroatoms. The standard InChI is InChI=1S/C48H62N12O21/c1-23(41(49)74)54-44(77)27(13-24-9-5-3-6-10-24)56-45(78)28(14-25-11-7-4-8-12-25)57-47(80)31(18-39(70)71)60-48(81)32(19-40(72)73)59-46(79)30(17-38(68)69)55-35(63)22-52-33(61)20-51-34(62)21-53-42(75)29(16-37(66)67)58-43(76)26(50-2)15-36(64)65/h3-12,23,26-32,50H,13-22H2,1-2H3,(H2,49,74)(H,51,62)(H,52,61)(H,53,75)(H,54,77)(H,55,63)(H,56,78)(H,57,80)(H,58,76)(H,59,79)(H,60,81)(H,64,65)(H,66,67)(H,68,69)(H,70,71)(H,72,73)/t23-,26-,27-,28-,29-,30-,31-,32-/m0/s1. The molecule has 0 fully saturated rings. The van der Waals surface area contributed by atoms with Crippen LogP contribution in [0.15, 0.2) is 60.7 Å². The Morgan fingerprint density at radius 3 is 1.01 bits per heavy atom. The van der Waals surface area contributed by atoms with Crippen LogP contribution in [0, 0.1) is 0 Å². The van der Waals surface area contributed by atoms with Gasteiger partial charge in [0.25, 0.3) is 0 Å². The highest BCUT2D eigenvalue weighted by atomic mass is 16.4. The largest absolute Gasteiger partial charge is 0.481 e. The van der Waals surface area contributed by atoms with Crippen molar-refractivity contribution in [2.24, 2.45) is 5.73 Å². The van der Waals surface area contributed by atoms with E-state index in [0.29, 0.717) is 11.1 Å². The number of hydrogen-bond acceptors (Lipinski definition) is 17. The van der Waals surface area contributed by atoms with Crippen LogP contribution in [-0.2, 0) is 89.6 Å². The smallest absolute Gasteiger partial charge is 0.305 e. The molecular formula is C48H62N12O21. The molecule has 0 radical (unpaired) electrons. The van der Waals surface area contributed by atoms with Crippen LogP contribution in [0.3, 0.4) is 0 Å². The summed E-state index contributed by atoms with van der Waals surface area (Å²) in [5, 5.41) is 70.7. The molecule has 2 rings (SSSR count). The molecule has 0 aliphatic heterocycles. The molecule has 33 nitrogen and oxygen atoms in total. The molecule has 0 saturated heterocycles. The topological polar surface area (TPSA) is 533 Å². The predicted molar refractivity (Wildman–Crippen MR) is 272 cm³/mol. The summed E-state index contributed by atoms with van der Waals surface area (Å²) < 4.78 is 0. The maximum absolute atomic E-state index is 14.0. The summed E-state index contributed by atoms with van der Waals surface area (Å²) in [6, 6.07) is 2.39. The Balaban J connectivity index is 2.20. The third kappa shape index (κ3) is 26.2. The number of benzene rings is 2. The predicted octanol–water partition coefficient (Wildman–Crippen LogP) is -7.32. The van der Waals surface area contributed by atoms with Gasteiger partial charge in [-0.3, -0.25) is 76.7 Å². The van der Waals surface area contributed by atoms with Crippen LogP contribution >= 0.6 is 0 Å². The van der Waals surface area contributed by atoms with E-state index < -0.39 is 195 Å². The summed E-state index contributed by atoms with van der Waals surface area (Å²) >= 11 is 0. The molecule has 0 spiro atoms. The van der Waals surface area contributed by atoms with E-state index in [9.17, 15) is 97.1 Å². The average Bonchev–Trinajstić information content (AvgIpc) is 3.41. The summed E-state index contributed by atoms with van der Waals surface area (Å²) in [6.45, 7) is -1.48. The van der Waals surface area contributed by atoms with Gasteiger partial charge in [0.2, 0.25) is 65.0 Å². The second-order valence-electron chi connectivity index (χ2n) is 17.5. The van der Waals surface area contributed by atoms with E-state index in [0.717, 1.165) is 0 Å². The Kier molecular flexibility index (Phi) is 28.1. The number of nitrogens with two attached hydrogens (primary N) is 1. The van der Waals surface area contributed by atoms with Gasteiger partial charge in [-0.2, -0.15) is 0 Å². The Bertz CT molecular complexity index is 2660. The van der Waals surface area contributed by atoms with E-state index in [4.69, 9.17) is 10.8 Å². The highest BCUT2D eigenvalue weighted by Crippen LogP contribution is 2.10. The number of carboxylic acids is 5. The number of carbonyl (C=O) groups is 16. The van der Waals surface area contributed by atoms with Gasteiger partial charge in [0.05, 0.1) is 57.8 Å². The molecule has 18 N–H and O–H groups in total. The van der Waals surface area contributed by atoms with Gasteiger partial charge in [-0.1, -0.05) is 60.7 Å². The van der Waals surface area contributed by atoms with Crippen LogP contribution in [0.1, 0.15) is 50.2 Å². The minimum Gasteiger partial charge on any atom is -0.481 e. The summed E-state index contributed by atoms with van der Waals surface area (Å²) in [5.74, 6) is -21.0. The van der Waals surface area contributed by atoms with Crippen molar-refractivity contribution < 1.29 is 102 Å². The SMILES string of the molecule is CN[C@@H](CC(=O)O)C(=O)N[C@@H](CC(=O)O)C(=O)NCC(=O)NCC(=O)NCC(=O)N[C@@H](CC(=O)O)C(=O)N[C@@H](CC(=O)O)C(=O)N[C@@H](CC(=O)O)C(=O)N[C@@H](Cc1ccccc1)C(=O)N[C@@H](Cc1ccccc1)C(=O)N[C@@H](C)C(N)=O. The lowest BCUT2D eigenvalue weighted by atomic mass is 10.0. The summed E-state index contributed by atoms with van der Waals surface area (Å²) in [5.41, 5.74) is 6.30. The summed E-state index contributed by atoms with van der Waals surface area (Å²) in [7, 11) is 1.23. The van der Waals surface area contributed by atoms with Crippen molar-refractivity contribution in [3.05, 3.63) is 71.8 Å². The average molecular weight is 1140 g/mol. The minimum atomic E-state index is -2.22. The number of likely N-dealkylation sites (N-methyl/N-ethyl adjacent to an activating group) is 1. The maximum atomic E-state index is 14.0. The van der Waals surface area contributed by atoms with Crippen molar-refractivity contribution in [1.29, 1.82) is 0 Å². The Morgan fingerprint density at radius 2 is 0.654 bits per heavy atom. The first-order valence-corrected chi connectivity index (χ1v) is 24.1. The van der Waals surface area contributed by atoms with E-state index in [1.165, 1.54) is 14.0 Å². The van der Waals surface area contributed by atoms with Gasteiger partial charge in [-0.05, 0) is 25.1 Å². The first-order valence-electron chi connectivity index (χ1n) is 24.1. The fourth-order valence-electron chi connectivity index (χ4n) is 6.92. The minimum absolute atomic E-state index is 0.140. The van der Waals surface area contributed by atoms with Crippen LogP contribution in [0.4, 0.5) is 0 Å². The van der Waals surface area contributed by atoms with Gasteiger partial charge >= 0.3 is 29.8 Å². The van der Waals surface area contributed by atoms with Crippen molar-refractivity contribution in [2.75, 3.05) is 26.7 Å². The third-order valence-corrected chi connectivity index (χ3v) is 11.0. The molecule has 0 aliphatic carbocycles. The summed E-state index contributed by atoms with van der Waals surface area (Å²) in [6.07, 6.45) is -5.89. The fraction of sp³-hybridized carbons (Fsp3) is 0.417. The zero-order valence-electron chi connectivity index (χ0n) is 43.3. The van der Waals surface area contributed by atoms with Gasteiger partial charge in [0.15, 0.2) is 0 Å². The van der Waals surface area contributed by atoms with Crippen LogP contribution < -0.4 is 64.2 Å². The maximum Gasteiger partial charge on any atom is 0.305 e. The van der Waals surface area contributed by atoms with E-state index in [2.05, 4.69) is 26.6 Å². The van der Waals surface area contributed by atoms with E-state index >= 15 is 0 Å². The van der Waals surface area contributed by atoms with E-state index in [1.807, 2.05) is 31.9 Å².